The summed E-state index contributed by atoms with van der Waals surface area (Å²) in [5, 5.41) is 14.2. The van der Waals surface area contributed by atoms with Crippen LogP contribution in [0.3, 0.4) is 0 Å². The first-order valence-electron chi connectivity index (χ1n) is 4.46. The van der Waals surface area contributed by atoms with Crippen molar-refractivity contribution < 1.29 is 5.11 Å². The molecule has 0 bridgehead atoms. The summed E-state index contributed by atoms with van der Waals surface area (Å²) in [6.45, 7) is 4.09. The lowest BCUT2D eigenvalue weighted by Crippen LogP contribution is -1.98. The molecule has 0 radical (unpaired) electrons. The smallest absolute Gasteiger partial charge is 0.115 e. The van der Waals surface area contributed by atoms with E-state index in [0.717, 1.165) is 10.4 Å². The van der Waals surface area contributed by atoms with E-state index in [-0.39, 0.29) is 0 Å². The van der Waals surface area contributed by atoms with Crippen LogP contribution in [0.5, 0.6) is 0 Å². The summed E-state index contributed by atoms with van der Waals surface area (Å²) in [5.74, 6) is 0. The average molecular weight is 224 g/mol. The number of hydrogen-bond donors (Lipinski definition) is 1. The highest BCUT2D eigenvalue weighted by atomic mass is 32.1. The molecule has 2 rings (SSSR count). The molecule has 0 saturated carbocycles. The van der Waals surface area contributed by atoms with Gasteiger partial charge in [0, 0.05) is 9.75 Å². The van der Waals surface area contributed by atoms with Crippen molar-refractivity contribution in [1.82, 2.24) is 0 Å². The van der Waals surface area contributed by atoms with E-state index < -0.39 is 6.10 Å². The second-order valence-electron chi connectivity index (χ2n) is 3.30. The minimum atomic E-state index is -0.443. The van der Waals surface area contributed by atoms with Crippen molar-refractivity contribution in [3.8, 4) is 0 Å². The van der Waals surface area contributed by atoms with Gasteiger partial charge in [-0.05, 0) is 47.9 Å². The molecule has 1 nitrogen and oxygen atoms in total. The van der Waals surface area contributed by atoms with Crippen LogP contribution in [0.2, 0.25) is 0 Å². The Labute approximate surface area is 91.7 Å². The highest BCUT2D eigenvalue weighted by Gasteiger charge is 2.16. The highest BCUT2D eigenvalue weighted by molar-refractivity contribution is 7.10. The van der Waals surface area contributed by atoms with Crippen molar-refractivity contribution in [2.24, 2.45) is 0 Å². The van der Waals surface area contributed by atoms with Gasteiger partial charge in [0.05, 0.1) is 0 Å². The topological polar surface area (TPSA) is 20.2 Å². The zero-order valence-corrected chi connectivity index (χ0v) is 9.78. The Morgan fingerprint density at radius 1 is 1.14 bits per heavy atom. The molecule has 74 valence electrons. The number of aliphatic hydroxyl groups excluding tert-OH is 1. The molecule has 0 spiro atoms. The van der Waals surface area contributed by atoms with E-state index in [2.05, 4.69) is 0 Å². The molecule has 1 unspecified atom stereocenters. The van der Waals surface area contributed by atoms with Gasteiger partial charge in [0.15, 0.2) is 0 Å². The molecule has 1 atom stereocenters. The van der Waals surface area contributed by atoms with Crippen molar-refractivity contribution in [3.05, 3.63) is 43.8 Å². The molecular weight excluding hydrogens is 212 g/mol. The highest BCUT2D eigenvalue weighted by Crippen LogP contribution is 2.32. The molecule has 1 N–H and O–H groups in total. The maximum absolute atomic E-state index is 10.1. The average Bonchev–Trinajstić information content (AvgIpc) is 2.73. The molecule has 0 aromatic carbocycles. The van der Waals surface area contributed by atoms with Crippen LogP contribution in [0.4, 0.5) is 0 Å². The summed E-state index contributed by atoms with van der Waals surface area (Å²) in [6, 6.07) is 4.05. The van der Waals surface area contributed by atoms with Gasteiger partial charge in [-0.25, -0.2) is 0 Å². The van der Waals surface area contributed by atoms with E-state index in [0.29, 0.717) is 0 Å². The van der Waals surface area contributed by atoms with Gasteiger partial charge in [-0.1, -0.05) is 0 Å². The van der Waals surface area contributed by atoms with Crippen molar-refractivity contribution in [3.63, 3.8) is 0 Å². The predicted octanol–water partition coefficient (Wildman–Crippen LogP) is 3.51. The number of aryl methyl sites for hydroxylation is 2. The lowest BCUT2D eigenvalue weighted by Gasteiger charge is -2.09. The minimum Gasteiger partial charge on any atom is -0.383 e. The van der Waals surface area contributed by atoms with Crippen molar-refractivity contribution in [2.45, 2.75) is 20.0 Å². The van der Waals surface area contributed by atoms with Gasteiger partial charge in [-0.3, -0.25) is 0 Å². The molecular formula is C11H12OS2. The van der Waals surface area contributed by atoms with Crippen LogP contribution < -0.4 is 0 Å². The Morgan fingerprint density at radius 2 is 1.86 bits per heavy atom. The van der Waals surface area contributed by atoms with Gasteiger partial charge < -0.3 is 5.11 Å². The second kappa shape index (κ2) is 3.85. The van der Waals surface area contributed by atoms with Gasteiger partial charge in [0.1, 0.15) is 6.10 Å². The summed E-state index contributed by atoms with van der Waals surface area (Å²) in [7, 11) is 0. The van der Waals surface area contributed by atoms with Crippen molar-refractivity contribution >= 4 is 22.7 Å². The van der Waals surface area contributed by atoms with Gasteiger partial charge in [-0.15, -0.1) is 22.7 Å². The van der Waals surface area contributed by atoms with Crippen LogP contribution in [0.25, 0.3) is 0 Å². The first kappa shape index (κ1) is 9.90. The fraction of sp³-hybridized carbons (Fsp3) is 0.273. The summed E-state index contributed by atoms with van der Waals surface area (Å²) < 4.78 is 0. The Morgan fingerprint density at radius 3 is 2.36 bits per heavy atom. The molecule has 14 heavy (non-hydrogen) atoms. The monoisotopic (exact) mass is 224 g/mol. The Bertz CT molecular complexity index is 388. The molecule has 3 heteroatoms. The van der Waals surface area contributed by atoms with Gasteiger partial charge in [-0.2, -0.15) is 0 Å². The van der Waals surface area contributed by atoms with Gasteiger partial charge in [0.2, 0.25) is 0 Å². The van der Waals surface area contributed by atoms with Crippen LogP contribution in [0.15, 0.2) is 22.9 Å². The van der Waals surface area contributed by atoms with Crippen molar-refractivity contribution in [2.75, 3.05) is 0 Å². The summed E-state index contributed by atoms with van der Waals surface area (Å²) in [6.07, 6.45) is -0.443. The fourth-order valence-corrected chi connectivity index (χ4v) is 3.15. The van der Waals surface area contributed by atoms with Crippen LogP contribution in [0, 0.1) is 13.8 Å². The first-order chi connectivity index (χ1) is 6.70. The van der Waals surface area contributed by atoms with Crippen LogP contribution in [0.1, 0.15) is 27.0 Å². The molecule has 0 amide bonds. The minimum absolute atomic E-state index is 0.443. The van der Waals surface area contributed by atoms with E-state index in [9.17, 15) is 5.11 Å². The van der Waals surface area contributed by atoms with Gasteiger partial charge in [0.25, 0.3) is 0 Å². The van der Waals surface area contributed by atoms with E-state index in [1.807, 2.05) is 36.7 Å². The third-order valence-corrected chi connectivity index (χ3v) is 4.28. The molecule has 0 aliphatic heterocycles. The zero-order chi connectivity index (χ0) is 10.1. The molecule has 0 aliphatic rings. The van der Waals surface area contributed by atoms with Crippen LogP contribution >= 0.6 is 22.7 Å². The molecule has 2 aromatic heterocycles. The van der Waals surface area contributed by atoms with Crippen molar-refractivity contribution in [1.29, 1.82) is 0 Å². The molecule has 2 aromatic rings. The van der Waals surface area contributed by atoms with E-state index in [1.165, 1.54) is 10.4 Å². The SMILES string of the molecule is Cc1ccsc1C(O)c1ccsc1C. The standard InChI is InChI=1S/C11H12OS2/c1-7-3-5-14-11(7)10(12)9-4-6-13-8(9)2/h3-6,10,12H,1-2H3. The molecule has 0 saturated heterocycles. The lowest BCUT2D eigenvalue weighted by atomic mass is 10.1. The molecule has 0 fully saturated rings. The maximum atomic E-state index is 10.1. The molecule has 0 aliphatic carbocycles. The fourth-order valence-electron chi connectivity index (χ4n) is 1.48. The summed E-state index contributed by atoms with van der Waals surface area (Å²) in [4.78, 5) is 2.26. The lowest BCUT2D eigenvalue weighted by molar-refractivity contribution is 0.223. The Kier molecular flexibility index (Phi) is 2.72. The Balaban J connectivity index is 2.38. The normalized spacial score (nSPS) is 13.1. The quantitative estimate of drug-likeness (QED) is 0.827. The van der Waals surface area contributed by atoms with Crippen LogP contribution in [-0.4, -0.2) is 5.11 Å². The predicted molar refractivity (Wildman–Crippen MR) is 62.2 cm³/mol. The van der Waals surface area contributed by atoms with E-state index in [4.69, 9.17) is 0 Å². The number of thiophene rings is 2. The van der Waals surface area contributed by atoms with E-state index >= 15 is 0 Å². The third-order valence-electron chi connectivity index (χ3n) is 2.34. The second-order valence-corrected chi connectivity index (χ2v) is 5.37. The Hall–Kier alpha value is -0.640. The first-order valence-corrected chi connectivity index (χ1v) is 6.22. The summed E-state index contributed by atoms with van der Waals surface area (Å²) >= 11 is 3.30. The largest absolute Gasteiger partial charge is 0.383 e. The number of aliphatic hydroxyl groups is 1. The number of rotatable bonds is 2. The molecule has 2 heterocycles. The zero-order valence-electron chi connectivity index (χ0n) is 8.15. The maximum Gasteiger partial charge on any atom is 0.115 e. The van der Waals surface area contributed by atoms with Crippen LogP contribution in [-0.2, 0) is 0 Å². The van der Waals surface area contributed by atoms with Gasteiger partial charge >= 0.3 is 0 Å². The summed E-state index contributed by atoms with van der Waals surface area (Å²) in [5.41, 5.74) is 2.22. The number of hydrogen-bond acceptors (Lipinski definition) is 3. The third kappa shape index (κ3) is 1.63. The van der Waals surface area contributed by atoms with E-state index in [1.54, 1.807) is 22.7 Å².